The van der Waals surface area contributed by atoms with Crippen LogP contribution in [0.1, 0.15) is 56.2 Å². The van der Waals surface area contributed by atoms with Gasteiger partial charge in [0.15, 0.2) is 0 Å². The highest BCUT2D eigenvalue weighted by molar-refractivity contribution is 5.78. The first-order chi connectivity index (χ1) is 15.2. The molecule has 1 aromatic carbocycles. The number of ether oxygens (including phenoxy) is 1. The molecule has 0 bridgehead atoms. The molecule has 31 heavy (non-hydrogen) atoms. The molecule has 1 aromatic heterocycles. The maximum absolute atomic E-state index is 12.4. The summed E-state index contributed by atoms with van der Waals surface area (Å²) in [7, 11) is 0. The Kier molecular flexibility index (Phi) is 7.57. The molecular weight excluding hydrogens is 390 g/mol. The van der Waals surface area contributed by atoms with Gasteiger partial charge in [-0.25, -0.2) is 0 Å². The first kappa shape index (κ1) is 21.8. The maximum Gasteiger partial charge on any atom is 0.223 e. The number of hydrogen-bond donors (Lipinski definition) is 1. The van der Waals surface area contributed by atoms with Crippen LogP contribution in [0.2, 0.25) is 0 Å². The molecule has 1 fully saturated rings. The van der Waals surface area contributed by atoms with E-state index in [9.17, 15) is 4.79 Å². The van der Waals surface area contributed by atoms with Gasteiger partial charge in [-0.05, 0) is 37.5 Å². The monoisotopic (exact) mass is 425 g/mol. The minimum absolute atomic E-state index is 0.209. The standard InChI is InChI=1S/C24H35N5O2/c1-2-31-21-10-8-19(9-11-21)18-28-15-13-23-27-26-22(29(23)17-16-28)12-14-25-24(30)20-6-4-3-5-7-20/h8-11,20H,2-7,12-18H2,1H3,(H,25,30). The summed E-state index contributed by atoms with van der Waals surface area (Å²) >= 11 is 0. The molecule has 7 heteroatoms. The number of amides is 1. The molecule has 0 spiro atoms. The first-order valence-electron chi connectivity index (χ1n) is 11.9. The summed E-state index contributed by atoms with van der Waals surface area (Å²) in [5.74, 6) is 3.40. The Balaban J connectivity index is 1.26. The number of fused-ring (bicyclic) bond motifs is 1. The Hall–Kier alpha value is -2.41. The van der Waals surface area contributed by atoms with Gasteiger partial charge in [0.2, 0.25) is 5.91 Å². The molecule has 1 saturated carbocycles. The van der Waals surface area contributed by atoms with E-state index in [0.717, 1.165) is 69.3 Å². The van der Waals surface area contributed by atoms with Gasteiger partial charge in [-0.2, -0.15) is 0 Å². The molecule has 2 heterocycles. The molecule has 1 N–H and O–H groups in total. The lowest BCUT2D eigenvalue weighted by molar-refractivity contribution is -0.125. The number of aromatic nitrogens is 3. The third kappa shape index (κ3) is 5.85. The van der Waals surface area contributed by atoms with E-state index in [0.29, 0.717) is 13.2 Å². The number of nitrogens with zero attached hydrogens (tertiary/aromatic N) is 4. The lowest BCUT2D eigenvalue weighted by Crippen LogP contribution is -2.33. The van der Waals surface area contributed by atoms with Crippen LogP contribution in [0.3, 0.4) is 0 Å². The molecule has 0 saturated heterocycles. The molecule has 1 amide bonds. The van der Waals surface area contributed by atoms with E-state index in [1.54, 1.807) is 0 Å². The lowest BCUT2D eigenvalue weighted by Gasteiger charge is -2.21. The fourth-order valence-electron chi connectivity index (χ4n) is 4.69. The number of rotatable bonds is 8. The molecule has 2 aliphatic rings. The van der Waals surface area contributed by atoms with E-state index < -0.39 is 0 Å². The van der Waals surface area contributed by atoms with Gasteiger partial charge in [0.05, 0.1) is 6.61 Å². The predicted octanol–water partition coefficient (Wildman–Crippen LogP) is 2.97. The van der Waals surface area contributed by atoms with Gasteiger partial charge in [0.25, 0.3) is 0 Å². The average Bonchev–Trinajstić information content (AvgIpc) is 3.07. The largest absolute Gasteiger partial charge is 0.494 e. The average molecular weight is 426 g/mol. The summed E-state index contributed by atoms with van der Waals surface area (Å²) < 4.78 is 7.79. The molecule has 168 valence electrons. The van der Waals surface area contributed by atoms with E-state index in [2.05, 4.69) is 37.1 Å². The highest BCUT2D eigenvalue weighted by atomic mass is 16.5. The Morgan fingerprint density at radius 1 is 1.10 bits per heavy atom. The summed E-state index contributed by atoms with van der Waals surface area (Å²) in [6.45, 7) is 7.11. The fraction of sp³-hybridized carbons (Fsp3) is 0.625. The third-order valence-corrected chi connectivity index (χ3v) is 6.46. The van der Waals surface area contributed by atoms with Gasteiger partial charge in [0, 0.05) is 51.5 Å². The van der Waals surface area contributed by atoms with Crippen molar-refractivity contribution in [3.8, 4) is 5.75 Å². The molecular formula is C24H35N5O2. The quantitative estimate of drug-likeness (QED) is 0.704. The van der Waals surface area contributed by atoms with Crippen LogP contribution in [0.4, 0.5) is 0 Å². The van der Waals surface area contributed by atoms with Crippen LogP contribution in [0.25, 0.3) is 0 Å². The van der Waals surface area contributed by atoms with E-state index >= 15 is 0 Å². The van der Waals surface area contributed by atoms with Crippen LogP contribution in [0.15, 0.2) is 24.3 Å². The summed E-state index contributed by atoms with van der Waals surface area (Å²) in [4.78, 5) is 14.8. The second kappa shape index (κ2) is 10.8. The van der Waals surface area contributed by atoms with Crippen molar-refractivity contribution in [2.75, 3.05) is 26.2 Å². The zero-order valence-electron chi connectivity index (χ0n) is 18.7. The third-order valence-electron chi connectivity index (χ3n) is 6.46. The Bertz CT molecular complexity index is 842. The predicted molar refractivity (Wildman–Crippen MR) is 120 cm³/mol. The van der Waals surface area contributed by atoms with Crippen LogP contribution in [0, 0.1) is 5.92 Å². The number of benzene rings is 1. The zero-order chi connectivity index (χ0) is 21.5. The number of nitrogens with one attached hydrogen (secondary N) is 1. The Morgan fingerprint density at radius 3 is 2.68 bits per heavy atom. The van der Waals surface area contributed by atoms with E-state index in [1.807, 2.05) is 19.1 Å². The van der Waals surface area contributed by atoms with Crippen molar-refractivity contribution in [2.24, 2.45) is 5.92 Å². The van der Waals surface area contributed by atoms with Gasteiger partial charge in [-0.3, -0.25) is 9.69 Å². The summed E-state index contributed by atoms with van der Waals surface area (Å²) in [5, 5.41) is 12.0. The molecule has 0 radical (unpaired) electrons. The van der Waals surface area contributed by atoms with Crippen molar-refractivity contribution >= 4 is 5.91 Å². The smallest absolute Gasteiger partial charge is 0.223 e. The van der Waals surface area contributed by atoms with E-state index in [4.69, 9.17) is 4.74 Å². The van der Waals surface area contributed by atoms with Crippen LogP contribution in [-0.2, 0) is 30.7 Å². The molecule has 0 atom stereocenters. The van der Waals surface area contributed by atoms with Gasteiger partial charge >= 0.3 is 0 Å². The van der Waals surface area contributed by atoms with Crippen LogP contribution in [0.5, 0.6) is 5.75 Å². The topological polar surface area (TPSA) is 72.3 Å². The van der Waals surface area contributed by atoms with Gasteiger partial charge in [-0.15, -0.1) is 10.2 Å². The SMILES string of the molecule is CCOc1ccc(CN2CCc3nnc(CCNC(=O)C4CCCCC4)n3CC2)cc1. The normalized spacial score (nSPS) is 17.7. The van der Waals surface area contributed by atoms with Crippen molar-refractivity contribution in [3.63, 3.8) is 0 Å². The molecule has 1 aliphatic heterocycles. The Labute approximate surface area is 185 Å². The zero-order valence-corrected chi connectivity index (χ0v) is 18.7. The van der Waals surface area contributed by atoms with Gasteiger partial charge < -0.3 is 14.6 Å². The van der Waals surface area contributed by atoms with Crippen molar-refractivity contribution in [1.82, 2.24) is 25.0 Å². The fourth-order valence-corrected chi connectivity index (χ4v) is 4.69. The highest BCUT2D eigenvalue weighted by Gasteiger charge is 2.22. The highest BCUT2D eigenvalue weighted by Crippen LogP contribution is 2.23. The van der Waals surface area contributed by atoms with Crippen LogP contribution < -0.4 is 10.1 Å². The van der Waals surface area contributed by atoms with E-state index in [-0.39, 0.29) is 11.8 Å². The van der Waals surface area contributed by atoms with Gasteiger partial charge in [0.1, 0.15) is 17.4 Å². The van der Waals surface area contributed by atoms with Gasteiger partial charge in [-0.1, -0.05) is 31.4 Å². The summed E-state index contributed by atoms with van der Waals surface area (Å²) in [5.41, 5.74) is 1.30. The molecule has 4 rings (SSSR count). The minimum Gasteiger partial charge on any atom is -0.494 e. The molecule has 0 unspecified atom stereocenters. The minimum atomic E-state index is 0.209. The van der Waals surface area contributed by atoms with Crippen LogP contribution in [-0.4, -0.2) is 51.8 Å². The van der Waals surface area contributed by atoms with Crippen molar-refractivity contribution in [2.45, 2.75) is 65.0 Å². The second-order valence-electron chi connectivity index (χ2n) is 8.66. The Morgan fingerprint density at radius 2 is 1.90 bits per heavy atom. The summed E-state index contributed by atoms with van der Waals surface area (Å²) in [6.07, 6.45) is 7.35. The van der Waals surface area contributed by atoms with Crippen molar-refractivity contribution < 1.29 is 9.53 Å². The first-order valence-corrected chi connectivity index (χ1v) is 11.9. The number of hydrogen-bond acceptors (Lipinski definition) is 5. The van der Waals surface area contributed by atoms with E-state index in [1.165, 1.54) is 24.8 Å². The van der Waals surface area contributed by atoms with Crippen molar-refractivity contribution in [3.05, 3.63) is 41.5 Å². The maximum atomic E-state index is 12.4. The number of carbonyl (C=O) groups is 1. The molecule has 1 aliphatic carbocycles. The molecule has 2 aromatic rings. The van der Waals surface area contributed by atoms with Crippen LogP contribution >= 0.6 is 0 Å². The second-order valence-corrected chi connectivity index (χ2v) is 8.66. The lowest BCUT2D eigenvalue weighted by atomic mass is 9.89. The van der Waals surface area contributed by atoms with Crippen molar-refractivity contribution in [1.29, 1.82) is 0 Å². The number of carbonyl (C=O) groups excluding carboxylic acids is 1. The molecule has 7 nitrogen and oxygen atoms in total. The summed E-state index contributed by atoms with van der Waals surface area (Å²) in [6, 6.07) is 8.39.